The molecule has 6 heteroatoms. The van der Waals surface area contributed by atoms with Crippen LogP contribution in [-0.4, -0.2) is 37.1 Å². The Kier molecular flexibility index (Phi) is 13.6. The van der Waals surface area contributed by atoms with Crippen LogP contribution < -0.4 is 10.1 Å². The number of ether oxygens (including phenoxy) is 2. The van der Waals surface area contributed by atoms with Gasteiger partial charge in [-0.15, -0.1) is 0 Å². The zero-order chi connectivity index (χ0) is 20.5. The first kappa shape index (κ1) is 23.9. The third-order valence-electron chi connectivity index (χ3n) is 4.61. The molecule has 0 unspecified atom stereocenters. The number of nitrogens with one attached hydrogen (secondary N) is 1. The summed E-state index contributed by atoms with van der Waals surface area (Å²) in [7, 11) is 1.47. The SMILES string of the molecule is CCCCCCCCCCCCCOC(=O)CNC(=O)c1ncccc1OC. The monoisotopic (exact) mass is 392 g/mol. The maximum atomic E-state index is 12.0. The number of esters is 1. The van der Waals surface area contributed by atoms with Crippen molar-refractivity contribution in [1.29, 1.82) is 0 Å². The molecule has 0 saturated carbocycles. The molecule has 0 aliphatic heterocycles. The molecule has 6 nitrogen and oxygen atoms in total. The molecule has 0 radical (unpaired) electrons. The number of unbranched alkanes of at least 4 members (excludes halogenated alkanes) is 10. The Bertz CT molecular complexity index is 563. The van der Waals surface area contributed by atoms with E-state index in [-0.39, 0.29) is 12.2 Å². The molecule has 1 N–H and O–H groups in total. The zero-order valence-corrected chi connectivity index (χ0v) is 17.5. The van der Waals surface area contributed by atoms with Gasteiger partial charge in [0.25, 0.3) is 5.91 Å². The first-order valence-electron chi connectivity index (χ1n) is 10.6. The summed E-state index contributed by atoms with van der Waals surface area (Å²) in [6.07, 6.45) is 15.3. The number of amides is 1. The molecule has 0 spiro atoms. The number of methoxy groups -OCH3 is 1. The van der Waals surface area contributed by atoms with E-state index in [1.165, 1.54) is 71.1 Å². The second kappa shape index (κ2) is 15.9. The lowest BCUT2D eigenvalue weighted by Gasteiger charge is -2.08. The number of carbonyl (C=O) groups is 2. The smallest absolute Gasteiger partial charge is 0.325 e. The van der Waals surface area contributed by atoms with Crippen molar-refractivity contribution in [2.75, 3.05) is 20.3 Å². The van der Waals surface area contributed by atoms with Crippen LogP contribution in [0.4, 0.5) is 0 Å². The van der Waals surface area contributed by atoms with Gasteiger partial charge < -0.3 is 14.8 Å². The minimum absolute atomic E-state index is 0.156. The van der Waals surface area contributed by atoms with Gasteiger partial charge in [-0.25, -0.2) is 4.98 Å². The molecule has 0 fully saturated rings. The van der Waals surface area contributed by atoms with E-state index in [0.717, 1.165) is 12.8 Å². The van der Waals surface area contributed by atoms with Gasteiger partial charge in [0.15, 0.2) is 5.69 Å². The Hall–Kier alpha value is -2.11. The second-order valence-corrected chi connectivity index (χ2v) is 6.99. The first-order valence-corrected chi connectivity index (χ1v) is 10.6. The van der Waals surface area contributed by atoms with E-state index < -0.39 is 11.9 Å². The maximum absolute atomic E-state index is 12.0. The highest BCUT2D eigenvalue weighted by Crippen LogP contribution is 2.14. The second-order valence-electron chi connectivity index (χ2n) is 6.99. The van der Waals surface area contributed by atoms with Gasteiger partial charge in [0.2, 0.25) is 0 Å². The quantitative estimate of drug-likeness (QED) is 0.327. The maximum Gasteiger partial charge on any atom is 0.325 e. The summed E-state index contributed by atoms with van der Waals surface area (Å²) in [5.41, 5.74) is 0.156. The summed E-state index contributed by atoms with van der Waals surface area (Å²) in [6, 6.07) is 3.32. The topological polar surface area (TPSA) is 77.5 Å². The average molecular weight is 393 g/mol. The van der Waals surface area contributed by atoms with E-state index in [1.54, 1.807) is 12.1 Å². The molecular weight excluding hydrogens is 356 g/mol. The van der Waals surface area contributed by atoms with Gasteiger partial charge in [0.1, 0.15) is 12.3 Å². The van der Waals surface area contributed by atoms with E-state index in [9.17, 15) is 9.59 Å². The van der Waals surface area contributed by atoms with Crippen LogP contribution in [0.25, 0.3) is 0 Å². The van der Waals surface area contributed by atoms with E-state index in [1.807, 2.05) is 0 Å². The largest absolute Gasteiger partial charge is 0.494 e. The number of rotatable bonds is 16. The van der Waals surface area contributed by atoms with Crippen molar-refractivity contribution in [3.8, 4) is 5.75 Å². The molecule has 1 heterocycles. The van der Waals surface area contributed by atoms with E-state index in [0.29, 0.717) is 12.4 Å². The normalized spacial score (nSPS) is 10.5. The fraction of sp³-hybridized carbons (Fsp3) is 0.682. The van der Waals surface area contributed by atoms with Crippen LogP contribution >= 0.6 is 0 Å². The lowest BCUT2D eigenvalue weighted by atomic mass is 10.1. The molecule has 0 saturated heterocycles. The van der Waals surface area contributed by atoms with Gasteiger partial charge >= 0.3 is 5.97 Å². The molecule has 28 heavy (non-hydrogen) atoms. The molecule has 1 aromatic heterocycles. The lowest BCUT2D eigenvalue weighted by Crippen LogP contribution is -2.31. The number of hydrogen-bond acceptors (Lipinski definition) is 5. The number of nitrogens with zero attached hydrogens (tertiary/aromatic N) is 1. The highest BCUT2D eigenvalue weighted by Gasteiger charge is 2.14. The number of carbonyl (C=O) groups excluding carboxylic acids is 2. The van der Waals surface area contributed by atoms with Crippen LogP contribution in [0, 0.1) is 0 Å². The molecule has 158 valence electrons. The molecule has 0 bridgehead atoms. The van der Waals surface area contributed by atoms with E-state index in [2.05, 4.69) is 17.2 Å². The summed E-state index contributed by atoms with van der Waals surface area (Å²) < 4.78 is 10.2. The van der Waals surface area contributed by atoms with Crippen LogP contribution in [0.1, 0.15) is 88.0 Å². The third-order valence-corrected chi connectivity index (χ3v) is 4.61. The van der Waals surface area contributed by atoms with Crippen LogP contribution in [0.2, 0.25) is 0 Å². The summed E-state index contributed by atoms with van der Waals surface area (Å²) in [4.78, 5) is 27.7. The van der Waals surface area contributed by atoms with Gasteiger partial charge in [0.05, 0.1) is 13.7 Å². The van der Waals surface area contributed by atoms with Gasteiger partial charge in [-0.05, 0) is 18.6 Å². The number of pyridine rings is 1. The van der Waals surface area contributed by atoms with Gasteiger partial charge in [-0.2, -0.15) is 0 Å². The summed E-state index contributed by atoms with van der Waals surface area (Å²) in [5, 5.41) is 2.51. The summed E-state index contributed by atoms with van der Waals surface area (Å²) in [6.45, 7) is 2.47. The molecule has 0 atom stereocenters. The van der Waals surface area contributed by atoms with Crippen molar-refractivity contribution in [3.05, 3.63) is 24.0 Å². The molecule has 0 aromatic carbocycles. The number of aromatic nitrogens is 1. The van der Waals surface area contributed by atoms with Crippen LogP contribution in [0.5, 0.6) is 5.75 Å². The molecular formula is C22H36N2O4. The van der Waals surface area contributed by atoms with Gasteiger partial charge in [-0.3, -0.25) is 9.59 Å². The Morgan fingerprint density at radius 1 is 0.964 bits per heavy atom. The van der Waals surface area contributed by atoms with Crippen LogP contribution in [0.3, 0.4) is 0 Å². The van der Waals surface area contributed by atoms with Gasteiger partial charge in [0, 0.05) is 6.20 Å². The first-order chi connectivity index (χ1) is 13.7. The van der Waals surface area contributed by atoms with Crippen molar-refractivity contribution >= 4 is 11.9 Å². The Morgan fingerprint density at radius 3 is 2.18 bits per heavy atom. The minimum Gasteiger partial charge on any atom is -0.494 e. The van der Waals surface area contributed by atoms with E-state index in [4.69, 9.17) is 9.47 Å². The molecule has 1 amide bonds. The fourth-order valence-electron chi connectivity index (χ4n) is 2.97. The van der Waals surface area contributed by atoms with Crippen LogP contribution in [-0.2, 0) is 9.53 Å². The van der Waals surface area contributed by atoms with Crippen molar-refractivity contribution in [1.82, 2.24) is 10.3 Å². The van der Waals surface area contributed by atoms with Crippen molar-refractivity contribution in [3.63, 3.8) is 0 Å². The van der Waals surface area contributed by atoms with E-state index >= 15 is 0 Å². The van der Waals surface area contributed by atoms with Crippen molar-refractivity contribution in [2.24, 2.45) is 0 Å². The summed E-state index contributed by atoms with van der Waals surface area (Å²) in [5.74, 6) is -0.520. The van der Waals surface area contributed by atoms with Crippen LogP contribution in [0.15, 0.2) is 18.3 Å². The van der Waals surface area contributed by atoms with Gasteiger partial charge in [-0.1, -0.05) is 71.1 Å². The Labute approximate surface area is 169 Å². The Morgan fingerprint density at radius 2 is 1.57 bits per heavy atom. The zero-order valence-electron chi connectivity index (χ0n) is 17.5. The molecule has 1 aromatic rings. The Balaban J connectivity index is 1.99. The molecule has 1 rings (SSSR count). The summed E-state index contributed by atoms with van der Waals surface area (Å²) >= 11 is 0. The standard InChI is InChI=1S/C22H36N2O4/c1-3-4-5-6-7-8-9-10-11-12-13-17-28-20(25)18-24-22(26)21-19(27-2)15-14-16-23-21/h14-16H,3-13,17-18H2,1-2H3,(H,24,26). The van der Waals surface area contributed by atoms with Crippen molar-refractivity contribution < 1.29 is 19.1 Å². The highest BCUT2D eigenvalue weighted by molar-refractivity contribution is 5.96. The number of hydrogen-bond donors (Lipinski definition) is 1. The molecule has 0 aliphatic carbocycles. The predicted molar refractivity (Wildman–Crippen MR) is 111 cm³/mol. The lowest BCUT2D eigenvalue weighted by molar-refractivity contribution is -0.142. The third kappa shape index (κ3) is 10.9. The van der Waals surface area contributed by atoms with Crippen molar-refractivity contribution in [2.45, 2.75) is 77.6 Å². The minimum atomic E-state index is -0.455. The molecule has 0 aliphatic rings. The fourth-order valence-corrected chi connectivity index (χ4v) is 2.97. The highest BCUT2D eigenvalue weighted by atomic mass is 16.5. The average Bonchev–Trinajstić information content (AvgIpc) is 2.72. The predicted octanol–water partition coefficient (Wildman–Crippen LogP) is 4.67.